The molecule has 0 spiro atoms. The Balaban J connectivity index is 0.00000272. The first kappa shape index (κ1) is 23.3. The van der Waals surface area contributed by atoms with Crippen LogP contribution in [-0.2, 0) is 9.84 Å². The number of amides is 1. The average molecular weight is 479 g/mol. The maximum atomic E-state index is 13.2. The normalized spacial score (nSPS) is 14.2. The number of anilines is 2. The monoisotopic (exact) mass is 478 g/mol. The minimum absolute atomic E-state index is 0. The largest absolute Gasteiger partial charge is 0.354 e. The second-order valence-electron chi connectivity index (χ2n) is 7.20. The number of sulfone groups is 1. The summed E-state index contributed by atoms with van der Waals surface area (Å²) in [5, 5.41) is 4.05. The Hall–Kier alpha value is -2.36. The summed E-state index contributed by atoms with van der Waals surface area (Å²) in [5.74, 6) is 1.77. The van der Waals surface area contributed by atoms with Gasteiger partial charge in [-0.05, 0) is 43.3 Å². The van der Waals surface area contributed by atoms with Gasteiger partial charge >= 0.3 is 0 Å². The van der Waals surface area contributed by atoms with E-state index in [1.165, 1.54) is 6.26 Å². The third-order valence-corrected chi connectivity index (χ3v) is 7.02. The van der Waals surface area contributed by atoms with E-state index in [1.54, 1.807) is 30.5 Å². The van der Waals surface area contributed by atoms with Crippen molar-refractivity contribution in [3.8, 4) is 0 Å². The first-order valence-corrected chi connectivity index (χ1v) is 12.6. The van der Waals surface area contributed by atoms with E-state index in [2.05, 4.69) is 15.3 Å². The highest BCUT2D eigenvalue weighted by atomic mass is 35.5. The van der Waals surface area contributed by atoms with Gasteiger partial charge in [-0.25, -0.2) is 18.4 Å². The van der Waals surface area contributed by atoms with Crippen LogP contribution < -0.4 is 5.32 Å². The first-order valence-electron chi connectivity index (χ1n) is 9.53. The number of nitrogens with zero attached hydrogens (tertiary/aromatic N) is 3. The molecule has 3 heterocycles. The van der Waals surface area contributed by atoms with Gasteiger partial charge in [0.05, 0.1) is 16.1 Å². The van der Waals surface area contributed by atoms with Crippen LogP contribution in [0.1, 0.15) is 16.1 Å². The van der Waals surface area contributed by atoms with Gasteiger partial charge in [0.2, 0.25) is 0 Å². The minimum Gasteiger partial charge on any atom is -0.354 e. The summed E-state index contributed by atoms with van der Waals surface area (Å²) in [6.45, 7) is 3.30. The zero-order valence-electron chi connectivity index (χ0n) is 17.2. The number of carbonyl (C=O) groups is 1. The summed E-state index contributed by atoms with van der Waals surface area (Å²) < 4.78 is 23.5. The van der Waals surface area contributed by atoms with Crippen LogP contribution in [0.25, 0.3) is 11.0 Å². The van der Waals surface area contributed by atoms with Crippen molar-refractivity contribution in [1.82, 2.24) is 14.9 Å². The summed E-state index contributed by atoms with van der Waals surface area (Å²) in [5.41, 5.74) is 3.18. The summed E-state index contributed by atoms with van der Waals surface area (Å²) in [7, 11) is -3.28. The van der Waals surface area contributed by atoms with Crippen LogP contribution in [0.15, 0.2) is 47.5 Å². The van der Waals surface area contributed by atoms with Crippen LogP contribution in [0.5, 0.6) is 0 Å². The maximum Gasteiger partial charge on any atom is 0.257 e. The summed E-state index contributed by atoms with van der Waals surface area (Å²) in [4.78, 5) is 24.2. The number of thioether (sulfide) groups is 1. The van der Waals surface area contributed by atoms with E-state index in [9.17, 15) is 13.2 Å². The summed E-state index contributed by atoms with van der Waals surface area (Å²) in [6.07, 6.45) is 2.75. The molecule has 0 atom stereocenters. The number of rotatable bonds is 4. The van der Waals surface area contributed by atoms with Crippen molar-refractivity contribution >= 4 is 62.3 Å². The Morgan fingerprint density at radius 1 is 1.10 bits per heavy atom. The average Bonchev–Trinajstić information content (AvgIpc) is 2.73. The SMILES string of the molecule is Cc1ccc2c(Nc3ccc(S(C)(=O)=O)cc3)c(C(=O)N3CCSCC3)cnc2n1.Cl. The molecule has 4 rings (SSSR count). The Labute approximate surface area is 192 Å². The first-order chi connectivity index (χ1) is 14.3. The lowest BCUT2D eigenvalue weighted by Crippen LogP contribution is -2.38. The Morgan fingerprint density at radius 3 is 2.42 bits per heavy atom. The summed E-state index contributed by atoms with van der Waals surface area (Å²) >= 11 is 1.84. The van der Waals surface area contributed by atoms with Crippen LogP contribution in [-0.4, -0.2) is 60.0 Å². The number of halogens is 1. The highest BCUT2D eigenvalue weighted by Crippen LogP contribution is 2.30. The Kier molecular flexibility index (Phi) is 7.08. The second-order valence-corrected chi connectivity index (χ2v) is 10.4. The molecule has 1 aliphatic heterocycles. The molecule has 0 aliphatic carbocycles. The van der Waals surface area contributed by atoms with Crippen LogP contribution >= 0.6 is 24.2 Å². The fourth-order valence-electron chi connectivity index (χ4n) is 3.34. The van der Waals surface area contributed by atoms with Gasteiger partial charge in [-0.15, -0.1) is 12.4 Å². The smallest absolute Gasteiger partial charge is 0.257 e. The van der Waals surface area contributed by atoms with Gasteiger partial charge in [-0.3, -0.25) is 4.79 Å². The fraction of sp³-hybridized carbons (Fsp3) is 0.286. The van der Waals surface area contributed by atoms with Crippen molar-refractivity contribution < 1.29 is 13.2 Å². The van der Waals surface area contributed by atoms with Crippen LogP contribution in [0.4, 0.5) is 11.4 Å². The number of fused-ring (bicyclic) bond motifs is 1. The number of aryl methyl sites for hydroxylation is 1. The van der Waals surface area contributed by atoms with Crippen molar-refractivity contribution in [3.05, 3.63) is 53.9 Å². The molecule has 1 saturated heterocycles. The predicted octanol–water partition coefficient (Wildman–Crippen LogP) is 3.70. The molecule has 7 nitrogen and oxygen atoms in total. The lowest BCUT2D eigenvalue weighted by atomic mass is 10.1. The topological polar surface area (TPSA) is 92.3 Å². The molecule has 10 heteroatoms. The Bertz CT molecular complexity index is 1210. The third-order valence-electron chi connectivity index (χ3n) is 4.95. The van der Waals surface area contributed by atoms with Gasteiger partial charge in [0.1, 0.15) is 0 Å². The van der Waals surface area contributed by atoms with Gasteiger partial charge in [0.15, 0.2) is 15.5 Å². The highest BCUT2D eigenvalue weighted by Gasteiger charge is 2.23. The highest BCUT2D eigenvalue weighted by molar-refractivity contribution is 7.99. The molecule has 1 N–H and O–H groups in total. The maximum absolute atomic E-state index is 13.2. The van der Waals surface area contributed by atoms with Crippen LogP contribution in [0.3, 0.4) is 0 Å². The van der Waals surface area contributed by atoms with E-state index in [-0.39, 0.29) is 23.2 Å². The molecule has 1 amide bonds. The van der Waals surface area contributed by atoms with Crippen molar-refractivity contribution in [3.63, 3.8) is 0 Å². The van der Waals surface area contributed by atoms with Gasteiger partial charge < -0.3 is 10.2 Å². The van der Waals surface area contributed by atoms with Crippen molar-refractivity contribution in [2.24, 2.45) is 0 Å². The van der Waals surface area contributed by atoms with Gasteiger partial charge in [0, 0.05) is 53.8 Å². The molecular weight excluding hydrogens is 456 g/mol. The third kappa shape index (κ3) is 5.11. The summed E-state index contributed by atoms with van der Waals surface area (Å²) in [6, 6.07) is 10.3. The van der Waals surface area contributed by atoms with Crippen molar-refractivity contribution in [2.45, 2.75) is 11.8 Å². The zero-order chi connectivity index (χ0) is 21.3. The van der Waals surface area contributed by atoms with E-state index in [1.807, 2.05) is 35.7 Å². The number of benzene rings is 1. The molecule has 0 saturated carbocycles. The molecule has 0 bridgehead atoms. The molecule has 164 valence electrons. The lowest BCUT2D eigenvalue weighted by Gasteiger charge is -2.27. The number of pyridine rings is 2. The van der Waals surface area contributed by atoms with Crippen molar-refractivity contribution in [2.75, 3.05) is 36.2 Å². The number of nitrogens with one attached hydrogen (secondary N) is 1. The lowest BCUT2D eigenvalue weighted by molar-refractivity contribution is 0.0773. The molecule has 1 fully saturated rings. The molecule has 1 aromatic carbocycles. The molecule has 2 aromatic heterocycles. The van der Waals surface area contributed by atoms with E-state index in [0.29, 0.717) is 35.7 Å². The number of hydrogen-bond acceptors (Lipinski definition) is 7. The molecule has 0 radical (unpaired) electrons. The number of hydrogen-bond donors (Lipinski definition) is 1. The Morgan fingerprint density at radius 2 is 1.77 bits per heavy atom. The fourth-order valence-corrected chi connectivity index (χ4v) is 4.87. The molecule has 0 unspecified atom stereocenters. The predicted molar refractivity (Wildman–Crippen MR) is 128 cm³/mol. The molecule has 3 aromatic rings. The molecule has 1 aliphatic rings. The number of carbonyl (C=O) groups excluding carboxylic acids is 1. The van der Waals surface area contributed by atoms with Crippen molar-refractivity contribution in [1.29, 1.82) is 0 Å². The second kappa shape index (κ2) is 9.42. The molecular formula is C21H23ClN4O3S2. The van der Waals surface area contributed by atoms with Gasteiger partial charge in [0.25, 0.3) is 5.91 Å². The molecule has 31 heavy (non-hydrogen) atoms. The minimum atomic E-state index is -3.28. The van der Waals surface area contributed by atoms with E-state index in [0.717, 1.165) is 22.6 Å². The van der Waals surface area contributed by atoms with Crippen LogP contribution in [0, 0.1) is 6.92 Å². The van der Waals surface area contributed by atoms with E-state index >= 15 is 0 Å². The number of aromatic nitrogens is 2. The quantitative estimate of drug-likeness (QED) is 0.611. The van der Waals surface area contributed by atoms with Gasteiger partial charge in [-0.1, -0.05) is 0 Å². The van der Waals surface area contributed by atoms with E-state index in [4.69, 9.17) is 0 Å². The van der Waals surface area contributed by atoms with Crippen LogP contribution in [0.2, 0.25) is 0 Å². The van der Waals surface area contributed by atoms with E-state index < -0.39 is 9.84 Å². The zero-order valence-corrected chi connectivity index (χ0v) is 19.6. The standard InChI is InChI=1S/C21H22N4O3S2.ClH/c1-14-3-8-17-19(24-15-4-6-16(7-5-15)30(2,27)28)18(13-22-20(17)23-14)21(26)25-9-11-29-12-10-25;/h3-8,13H,9-12H2,1-2H3,(H,22,23,24);1H. The van der Waals surface area contributed by atoms with Gasteiger partial charge in [-0.2, -0.15) is 11.8 Å².